The van der Waals surface area contributed by atoms with E-state index >= 15 is 0 Å². The first-order chi connectivity index (χ1) is 10.0. The summed E-state index contributed by atoms with van der Waals surface area (Å²) in [5.41, 5.74) is 0.640. The van der Waals surface area contributed by atoms with Gasteiger partial charge in [0.1, 0.15) is 12.2 Å². The van der Waals surface area contributed by atoms with Crippen LogP contribution in [-0.4, -0.2) is 41.0 Å². The molecule has 0 saturated heterocycles. The van der Waals surface area contributed by atoms with Crippen LogP contribution in [0.2, 0.25) is 0 Å². The molecule has 1 aromatic rings. The molecule has 0 N–H and O–H groups in total. The lowest BCUT2D eigenvalue weighted by atomic mass is 10.2. The minimum absolute atomic E-state index is 0.0310. The first-order valence-corrected chi connectivity index (χ1v) is 7.59. The van der Waals surface area contributed by atoms with Crippen molar-refractivity contribution < 1.29 is 14.3 Å². The van der Waals surface area contributed by atoms with Crippen LogP contribution in [0.5, 0.6) is 0 Å². The Kier molecular flexibility index (Phi) is 5.04. The fourth-order valence-electron chi connectivity index (χ4n) is 2.96. The number of hydrogen-bond acceptors (Lipinski definition) is 3. The molecule has 0 radical (unpaired) electrons. The van der Waals surface area contributed by atoms with Crippen LogP contribution in [0.15, 0.2) is 18.3 Å². The van der Waals surface area contributed by atoms with E-state index in [1.807, 2.05) is 36.7 Å². The van der Waals surface area contributed by atoms with Crippen LogP contribution >= 0.6 is 0 Å². The second-order valence-electron chi connectivity index (χ2n) is 5.84. The van der Waals surface area contributed by atoms with E-state index in [4.69, 9.17) is 4.74 Å². The number of carbonyl (C=O) groups is 2. The van der Waals surface area contributed by atoms with Crippen molar-refractivity contribution in [2.75, 3.05) is 13.7 Å². The zero-order chi connectivity index (χ0) is 15.4. The molecule has 21 heavy (non-hydrogen) atoms. The second kappa shape index (κ2) is 6.78. The van der Waals surface area contributed by atoms with Crippen molar-refractivity contribution in [1.29, 1.82) is 0 Å². The average molecular weight is 292 g/mol. The zero-order valence-electron chi connectivity index (χ0n) is 13.0. The van der Waals surface area contributed by atoms with Gasteiger partial charge in [0.15, 0.2) is 0 Å². The molecule has 0 bridgehead atoms. The SMILES string of the molecule is COC(=O)CN(C(=O)c1cccn1C(C)C)C1CCCC1. The monoisotopic (exact) mass is 292 g/mol. The highest BCUT2D eigenvalue weighted by molar-refractivity contribution is 5.95. The van der Waals surface area contributed by atoms with E-state index in [1.165, 1.54) is 7.11 Å². The van der Waals surface area contributed by atoms with Crippen molar-refractivity contribution in [2.24, 2.45) is 0 Å². The lowest BCUT2D eigenvalue weighted by Gasteiger charge is -2.28. The van der Waals surface area contributed by atoms with Crippen LogP contribution in [0.4, 0.5) is 0 Å². The third kappa shape index (κ3) is 3.46. The second-order valence-corrected chi connectivity index (χ2v) is 5.84. The maximum Gasteiger partial charge on any atom is 0.325 e. The van der Waals surface area contributed by atoms with Crippen LogP contribution in [0, 0.1) is 0 Å². The first-order valence-electron chi connectivity index (χ1n) is 7.59. The molecule has 0 spiro atoms. The molecule has 1 heterocycles. The summed E-state index contributed by atoms with van der Waals surface area (Å²) in [7, 11) is 1.36. The van der Waals surface area contributed by atoms with Gasteiger partial charge in [0.05, 0.1) is 7.11 Å². The molecule has 0 aliphatic heterocycles. The summed E-state index contributed by atoms with van der Waals surface area (Å²) < 4.78 is 6.69. The number of aromatic nitrogens is 1. The van der Waals surface area contributed by atoms with E-state index < -0.39 is 0 Å². The highest BCUT2D eigenvalue weighted by atomic mass is 16.5. The number of amides is 1. The number of ether oxygens (including phenoxy) is 1. The van der Waals surface area contributed by atoms with E-state index in [2.05, 4.69) is 0 Å². The molecule has 0 unspecified atom stereocenters. The Balaban J connectivity index is 2.24. The number of hydrogen-bond donors (Lipinski definition) is 0. The molecular weight excluding hydrogens is 268 g/mol. The molecule has 1 saturated carbocycles. The van der Waals surface area contributed by atoms with Gasteiger partial charge in [-0.2, -0.15) is 0 Å². The summed E-state index contributed by atoms with van der Waals surface area (Å²) in [6.45, 7) is 4.11. The standard InChI is InChI=1S/C16H24N2O3/c1-12(2)17-10-6-9-14(17)16(20)18(11-15(19)21-3)13-7-4-5-8-13/h6,9-10,12-13H,4-5,7-8,11H2,1-3H3. The van der Waals surface area contributed by atoms with Crippen molar-refractivity contribution in [3.8, 4) is 0 Å². The fraction of sp³-hybridized carbons (Fsp3) is 0.625. The van der Waals surface area contributed by atoms with Gasteiger partial charge in [0, 0.05) is 18.3 Å². The average Bonchev–Trinajstić information content (AvgIpc) is 3.13. The van der Waals surface area contributed by atoms with Gasteiger partial charge in [0.25, 0.3) is 5.91 Å². The number of esters is 1. The Labute approximate surface area is 125 Å². The summed E-state index contributed by atoms with van der Waals surface area (Å²) in [6, 6.07) is 4.05. The minimum atomic E-state index is -0.363. The van der Waals surface area contributed by atoms with Gasteiger partial charge in [-0.15, -0.1) is 0 Å². The van der Waals surface area contributed by atoms with E-state index in [0.29, 0.717) is 5.69 Å². The predicted octanol–water partition coefficient (Wildman–Crippen LogP) is 2.63. The highest BCUT2D eigenvalue weighted by Gasteiger charge is 2.30. The van der Waals surface area contributed by atoms with Crippen molar-refractivity contribution in [1.82, 2.24) is 9.47 Å². The minimum Gasteiger partial charge on any atom is -0.468 e. The van der Waals surface area contributed by atoms with Crippen molar-refractivity contribution in [3.05, 3.63) is 24.0 Å². The summed E-state index contributed by atoms with van der Waals surface area (Å²) in [4.78, 5) is 26.2. The van der Waals surface area contributed by atoms with E-state index in [9.17, 15) is 9.59 Å². The highest BCUT2D eigenvalue weighted by Crippen LogP contribution is 2.25. The lowest BCUT2D eigenvalue weighted by molar-refractivity contribution is -0.141. The normalized spacial score (nSPS) is 15.4. The Morgan fingerprint density at radius 3 is 2.62 bits per heavy atom. The van der Waals surface area contributed by atoms with Crippen molar-refractivity contribution >= 4 is 11.9 Å². The maximum atomic E-state index is 12.9. The van der Waals surface area contributed by atoms with E-state index in [0.717, 1.165) is 25.7 Å². The van der Waals surface area contributed by atoms with Gasteiger partial charge in [0.2, 0.25) is 0 Å². The third-order valence-corrected chi connectivity index (χ3v) is 4.11. The summed E-state index contributed by atoms with van der Waals surface area (Å²) in [5, 5.41) is 0. The molecule has 5 heteroatoms. The van der Waals surface area contributed by atoms with Crippen LogP contribution < -0.4 is 0 Å². The molecule has 0 aromatic carbocycles. The quantitative estimate of drug-likeness (QED) is 0.784. The molecular formula is C16H24N2O3. The summed E-state index contributed by atoms with van der Waals surface area (Å²) in [5.74, 6) is -0.441. The maximum absolute atomic E-state index is 12.9. The van der Waals surface area contributed by atoms with Gasteiger partial charge in [-0.1, -0.05) is 12.8 Å². The fourth-order valence-corrected chi connectivity index (χ4v) is 2.96. The Bertz CT molecular complexity index is 501. The smallest absolute Gasteiger partial charge is 0.325 e. The molecule has 1 aliphatic rings. The molecule has 116 valence electrons. The van der Waals surface area contributed by atoms with Crippen molar-refractivity contribution in [2.45, 2.75) is 51.6 Å². The topological polar surface area (TPSA) is 51.5 Å². The van der Waals surface area contributed by atoms with Gasteiger partial charge < -0.3 is 14.2 Å². The van der Waals surface area contributed by atoms with Crippen LogP contribution in [0.3, 0.4) is 0 Å². The number of methoxy groups -OCH3 is 1. The third-order valence-electron chi connectivity index (χ3n) is 4.11. The van der Waals surface area contributed by atoms with Gasteiger partial charge in [-0.05, 0) is 38.8 Å². The largest absolute Gasteiger partial charge is 0.468 e. The Hall–Kier alpha value is -1.78. The predicted molar refractivity (Wildman–Crippen MR) is 80.1 cm³/mol. The van der Waals surface area contributed by atoms with E-state index in [-0.39, 0.29) is 30.5 Å². The van der Waals surface area contributed by atoms with Crippen LogP contribution in [-0.2, 0) is 9.53 Å². The van der Waals surface area contributed by atoms with Crippen molar-refractivity contribution in [3.63, 3.8) is 0 Å². The van der Waals surface area contributed by atoms with Crippen LogP contribution in [0.25, 0.3) is 0 Å². The number of carbonyl (C=O) groups excluding carboxylic acids is 2. The Morgan fingerprint density at radius 2 is 2.05 bits per heavy atom. The number of rotatable bonds is 5. The molecule has 0 atom stereocenters. The molecule has 1 aromatic heterocycles. The van der Waals surface area contributed by atoms with Gasteiger partial charge >= 0.3 is 5.97 Å². The van der Waals surface area contributed by atoms with Gasteiger partial charge in [-0.25, -0.2) is 0 Å². The summed E-state index contributed by atoms with van der Waals surface area (Å²) >= 11 is 0. The molecule has 5 nitrogen and oxygen atoms in total. The number of nitrogens with zero attached hydrogens (tertiary/aromatic N) is 2. The Morgan fingerprint density at radius 1 is 1.38 bits per heavy atom. The van der Waals surface area contributed by atoms with E-state index in [1.54, 1.807) is 4.90 Å². The first kappa shape index (κ1) is 15.6. The molecule has 1 fully saturated rings. The molecule has 1 amide bonds. The summed E-state index contributed by atoms with van der Waals surface area (Å²) in [6.07, 6.45) is 6.06. The van der Waals surface area contributed by atoms with Crippen LogP contribution in [0.1, 0.15) is 56.1 Å². The lowest BCUT2D eigenvalue weighted by Crippen LogP contribution is -2.43. The molecule has 2 rings (SSSR count). The molecule has 1 aliphatic carbocycles. The van der Waals surface area contributed by atoms with Gasteiger partial charge in [-0.3, -0.25) is 9.59 Å². The zero-order valence-corrected chi connectivity index (χ0v) is 13.0.